The van der Waals surface area contributed by atoms with E-state index in [1.165, 1.54) is 11.3 Å². The number of hydrogen-bond acceptors (Lipinski definition) is 4. The third kappa shape index (κ3) is 2.69. The largest absolute Gasteiger partial charge is 0.396 e. The van der Waals surface area contributed by atoms with Crippen LogP contribution in [0.15, 0.2) is 18.3 Å². The van der Waals surface area contributed by atoms with E-state index in [4.69, 9.17) is 12.2 Å². The number of carbonyl (C=O) groups is 1. The molecule has 0 spiro atoms. The molecule has 0 fully saturated rings. The van der Waals surface area contributed by atoms with Crippen LogP contribution in [0.5, 0.6) is 0 Å². The Bertz CT molecular complexity index is 642. The molecule has 2 heterocycles. The summed E-state index contributed by atoms with van der Waals surface area (Å²) in [6, 6.07) is 3.71. The Morgan fingerprint density at radius 1 is 1.68 bits per heavy atom. The third-order valence-corrected chi connectivity index (χ3v) is 4.04. The minimum atomic E-state index is -0.178. The monoisotopic (exact) mass is 273 g/mol. The Balaban J connectivity index is 2.27. The predicted octanol–water partition coefficient (Wildman–Crippen LogP) is 2.41. The fraction of sp³-hybridized carbons (Fsp3) is 0.286. The topological polar surface area (TPSA) is 68.0 Å². The summed E-state index contributed by atoms with van der Waals surface area (Å²) in [5, 5.41) is 2.91. The van der Waals surface area contributed by atoms with E-state index in [2.05, 4.69) is 16.2 Å². The normalized spacial score (nSPS) is 12.0. The lowest BCUT2D eigenvalue weighted by Crippen LogP contribution is -2.33. The molecule has 19 heavy (non-hydrogen) atoms. The molecule has 3 N–H and O–H groups in total. The molecule has 1 amide bonds. The molecule has 0 saturated carbocycles. The zero-order valence-electron chi connectivity index (χ0n) is 10.6. The summed E-state index contributed by atoms with van der Waals surface area (Å²) in [7, 11) is 0. The van der Waals surface area contributed by atoms with E-state index in [0.717, 1.165) is 11.1 Å². The van der Waals surface area contributed by atoms with Crippen LogP contribution in [-0.2, 0) is 0 Å². The van der Waals surface area contributed by atoms with Gasteiger partial charge in [0.2, 0.25) is 0 Å². The highest BCUT2D eigenvalue weighted by atomic mass is 32.1. The van der Waals surface area contributed by atoms with Gasteiger partial charge in [0.25, 0.3) is 5.91 Å². The number of nitrogens with one attached hydrogen (secondary N) is 1. The smallest absolute Gasteiger partial charge is 0.263 e. The standard InChI is InChI=1S/C14H15N3OS/c1-3-6-9(4-2)17-14(18)13-11(15)12-10(19-13)7-5-8-16-12/h1,5,7-9H,4,6,15H2,2H3,(H,17,18). The van der Waals surface area contributed by atoms with Crippen LogP contribution in [0, 0.1) is 12.3 Å². The Kier molecular flexibility index (Phi) is 4.03. The van der Waals surface area contributed by atoms with Crippen molar-refractivity contribution in [2.24, 2.45) is 0 Å². The lowest BCUT2D eigenvalue weighted by Gasteiger charge is -2.13. The molecular formula is C14H15N3OS. The number of pyridine rings is 1. The molecule has 5 heteroatoms. The van der Waals surface area contributed by atoms with Crippen LogP contribution >= 0.6 is 11.3 Å². The summed E-state index contributed by atoms with van der Waals surface area (Å²) < 4.78 is 0.912. The average molecular weight is 273 g/mol. The molecule has 2 aromatic rings. The second-order valence-corrected chi connectivity index (χ2v) is 5.23. The number of rotatable bonds is 4. The number of anilines is 1. The highest BCUT2D eigenvalue weighted by Crippen LogP contribution is 2.31. The van der Waals surface area contributed by atoms with E-state index >= 15 is 0 Å². The molecule has 0 aromatic carbocycles. The Morgan fingerprint density at radius 2 is 2.47 bits per heavy atom. The Morgan fingerprint density at radius 3 is 3.11 bits per heavy atom. The Hall–Kier alpha value is -2.06. The summed E-state index contributed by atoms with van der Waals surface area (Å²) in [5.41, 5.74) is 7.10. The van der Waals surface area contributed by atoms with E-state index in [1.54, 1.807) is 6.20 Å². The van der Waals surface area contributed by atoms with Gasteiger partial charge in [-0.2, -0.15) is 0 Å². The molecule has 0 saturated heterocycles. The number of thiophene rings is 1. The maximum atomic E-state index is 12.2. The summed E-state index contributed by atoms with van der Waals surface area (Å²) in [6.45, 7) is 1.98. The van der Waals surface area contributed by atoms with Gasteiger partial charge >= 0.3 is 0 Å². The molecule has 0 aliphatic rings. The maximum absolute atomic E-state index is 12.2. The van der Waals surface area contributed by atoms with Crippen LogP contribution in [0.3, 0.4) is 0 Å². The Labute approximate surface area is 116 Å². The van der Waals surface area contributed by atoms with Crippen molar-refractivity contribution in [3.05, 3.63) is 23.2 Å². The SMILES string of the molecule is C#CCC(CC)NC(=O)c1sc2cccnc2c1N. The van der Waals surface area contributed by atoms with Crippen molar-refractivity contribution in [2.45, 2.75) is 25.8 Å². The van der Waals surface area contributed by atoms with E-state index in [0.29, 0.717) is 22.5 Å². The van der Waals surface area contributed by atoms with Crippen molar-refractivity contribution in [3.8, 4) is 12.3 Å². The summed E-state index contributed by atoms with van der Waals surface area (Å²) in [4.78, 5) is 16.9. The first-order chi connectivity index (χ1) is 9.17. The number of aromatic nitrogens is 1. The highest BCUT2D eigenvalue weighted by molar-refractivity contribution is 7.21. The van der Waals surface area contributed by atoms with Crippen LogP contribution in [0.1, 0.15) is 29.4 Å². The van der Waals surface area contributed by atoms with E-state index in [-0.39, 0.29) is 11.9 Å². The first-order valence-electron chi connectivity index (χ1n) is 6.04. The van der Waals surface area contributed by atoms with Gasteiger partial charge in [-0.05, 0) is 18.6 Å². The molecule has 98 valence electrons. The number of nitrogens with two attached hydrogens (primary N) is 1. The minimum Gasteiger partial charge on any atom is -0.396 e. The second-order valence-electron chi connectivity index (χ2n) is 4.18. The van der Waals surface area contributed by atoms with Gasteiger partial charge in [0.05, 0.1) is 10.4 Å². The number of amides is 1. The fourth-order valence-corrected chi connectivity index (χ4v) is 2.79. The lowest BCUT2D eigenvalue weighted by molar-refractivity contribution is 0.0941. The van der Waals surface area contributed by atoms with Crippen molar-refractivity contribution < 1.29 is 4.79 Å². The van der Waals surface area contributed by atoms with Crippen LogP contribution in [0.25, 0.3) is 10.2 Å². The molecule has 2 rings (SSSR count). The van der Waals surface area contributed by atoms with E-state index < -0.39 is 0 Å². The third-order valence-electron chi connectivity index (χ3n) is 2.88. The van der Waals surface area contributed by atoms with Gasteiger partial charge in [0.1, 0.15) is 10.4 Å². The molecule has 1 unspecified atom stereocenters. The molecule has 0 aliphatic heterocycles. The quantitative estimate of drug-likeness (QED) is 0.841. The predicted molar refractivity (Wildman–Crippen MR) is 79.0 cm³/mol. The van der Waals surface area contributed by atoms with Gasteiger partial charge < -0.3 is 11.1 Å². The second kappa shape index (κ2) is 5.72. The molecular weight excluding hydrogens is 258 g/mol. The van der Waals surface area contributed by atoms with Crippen molar-refractivity contribution in [3.63, 3.8) is 0 Å². The zero-order valence-corrected chi connectivity index (χ0v) is 11.5. The van der Waals surface area contributed by atoms with Crippen LogP contribution in [-0.4, -0.2) is 16.9 Å². The first-order valence-corrected chi connectivity index (χ1v) is 6.86. The lowest BCUT2D eigenvalue weighted by atomic mass is 10.1. The average Bonchev–Trinajstić information content (AvgIpc) is 2.76. The summed E-state index contributed by atoms with van der Waals surface area (Å²) in [6.07, 6.45) is 8.25. The van der Waals surface area contributed by atoms with E-state index in [9.17, 15) is 4.79 Å². The van der Waals surface area contributed by atoms with Gasteiger partial charge in [-0.15, -0.1) is 23.7 Å². The van der Waals surface area contributed by atoms with Crippen LogP contribution in [0.2, 0.25) is 0 Å². The van der Waals surface area contributed by atoms with Crippen LogP contribution < -0.4 is 11.1 Å². The number of fused-ring (bicyclic) bond motifs is 1. The van der Waals surface area contributed by atoms with Crippen LogP contribution in [0.4, 0.5) is 5.69 Å². The van der Waals surface area contributed by atoms with Gasteiger partial charge in [-0.3, -0.25) is 9.78 Å². The number of carbonyl (C=O) groups excluding carboxylic acids is 1. The molecule has 0 aliphatic carbocycles. The zero-order chi connectivity index (χ0) is 13.8. The van der Waals surface area contributed by atoms with E-state index in [1.807, 2.05) is 19.1 Å². The van der Waals surface area contributed by atoms with Crippen molar-refractivity contribution in [1.82, 2.24) is 10.3 Å². The first kappa shape index (κ1) is 13.4. The molecule has 2 aromatic heterocycles. The molecule has 1 atom stereocenters. The minimum absolute atomic E-state index is 0.0185. The van der Waals surface area contributed by atoms with Gasteiger partial charge in [-0.25, -0.2) is 0 Å². The molecule has 4 nitrogen and oxygen atoms in total. The molecule has 0 bridgehead atoms. The summed E-state index contributed by atoms with van der Waals surface area (Å²) >= 11 is 1.35. The fourth-order valence-electron chi connectivity index (χ4n) is 1.81. The number of terminal acetylenes is 1. The number of nitrogen functional groups attached to an aromatic ring is 1. The summed E-state index contributed by atoms with van der Waals surface area (Å²) in [5.74, 6) is 2.38. The number of hydrogen-bond donors (Lipinski definition) is 2. The highest BCUT2D eigenvalue weighted by Gasteiger charge is 2.19. The van der Waals surface area contributed by atoms with Crippen molar-refractivity contribution in [2.75, 3.05) is 5.73 Å². The molecule has 0 radical (unpaired) electrons. The van der Waals surface area contributed by atoms with Crippen molar-refractivity contribution in [1.29, 1.82) is 0 Å². The van der Waals surface area contributed by atoms with Gasteiger partial charge in [-0.1, -0.05) is 6.92 Å². The maximum Gasteiger partial charge on any atom is 0.263 e. The number of nitrogens with zero attached hydrogens (tertiary/aromatic N) is 1. The van der Waals surface area contributed by atoms with Gasteiger partial charge in [0.15, 0.2) is 0 Å². The van der Waals surface area contributed by atoms with Crippen molar-refractivity contribution >= 4 is 33.1 Å². The van der Waals surface area contributed by atoms with Gasteiger partial charge in [0, 0.05) is 18.7 Å².